The van der Waals surface area contributed by atoms with Crippen LogP contribution in [0.5, 0.6) is 0 Å². The highest BCUT2D eigenvalue weighted by Crippen LogP contribution is 2.28. The highest BCUT2D eigenvalue weighted by atomic mass is 35.5. The van der Waals surface area contributed by atoms with Gasteiger partial charge in [0, 0.05) is 18.5 Å². The highest BCUT2D eigenvalue weighted by Gasteiger charge is 2.05. The molecule has 0 aliphatic heterocycles. The van der Waals surface area contributed by atoms with Crippen molar-refractivity contribution < 1.29 is 0 Å². The van der Waals surface area contributed by atoms with Crippen LogP contribution in [0.2, 0.25) is 10.0 Å². The minimum atomic E-state index is 0.428. The summed E-state index contributed by atoms with van der Waals surface area (Å²) in [5, 5.41) is 7.39. The van der Waals surface area contributed by atoms with E-state index in [1.807, 2.05) is 24.4 Å². The Balaban J connectivity index is 1.94. The Morgan fingerprint density at radius 3 is 2.50 bits per heavy atom. The van der Waals surface area contributed by atoms with Crippen LogP contribution in [0.3, 0.4) is 0 Å². The molecule has 3 nitrogen and oxygen atoms in total. The Morgan fingerprint density at radius 2 is 1.94 bits per heavy atom. The summed E-state index contributed by atoms with van der Waals surface area (Å²) in [6, 6.07) is 3.64. The SMILES string of the molecule is Cc1nc(CNCc2cc(Cl)c(N)c(Cl)c2)cs1. The molecule has 0 amide bonds. The summed E-state index contributed by atoms with van der Waals surface area (Å²) in [6.45, 7) is 3.40. The third kappa shape index (κ3) is 3.36. The van der Waals surface area contributed by atoms with Crippen LogP contribution in [0.25, 0.3) is 0 Å². The number of anilines is 1. The maximum absolute atomic E-state index is 5.97. The van der Waals surface area contributed by atoms with Crippen molar-refractivity contribution in [3.8, 4) is 0 Å². The first kappa shape index (κ1) is 13.6. The van der Waals surface area contributed by atoms with E-state index in [2.05, 4.69) is 10.3 Å². The summed E-state index contributed by atoms with van der Waals surface area (Å²) in [7, 11) is 0. The maximum Gasteiger partial charge on any atom is 0.0897 e. The lowest BCUT2D eigenvalue weighted by atomic mass is 10.2. The van der Waals surface area contributed by atoms with Crippen LogP contribution < -0.4 is 11.1 Å². The van der Waals surface area contributed by atoms with Crippen LogP contribution in [-0.4, -0.2) is 4.98 Å². The number of rotatable bonds is 4. The number of benzene rings is 1. The molecule has 1 heterocycles. The molecule has 0 radical (unpaired) electrons. The van der Waals surface area contributed by atoms with Crippen molar-refractivity contribution in [2.24, 2.45) is 0 Å². The molecular formula is C12H13Cl2N3S. The van der Waals surface area contributed by atoms with Gasteiger partial charge >= 0.3 is 0 Å². The second kappa shape index (κ2) is 5.89. The van der Waals surface area contributed by atoms with E-state index in [0.29, 0.717) is 22.3 Å². The van der Waals surface area contributed by atoms with Gasteiger partial charge in [0.1, 0.15) is 0 Å². The van der Waals surface area contributed by atoms with Crippen LogP contribution in [0.15, 0.2) is 17.5 Å². The minimum Gasteiger partial charge on any atom is -0.396 e. The second-order valence-corrected chi connectivity index (χ2v) is 5.81. The van der Waals surface area contributed by atoms with Gasteiger partial charge in [0.2, 0.25) is 0 Å². The summed E-state index contributed by atoms with van der Waals surface area (Å²) in [5.41, 5.74) is 8.16. The lowest BCUT2D eigenvalue weighted by Gasteiger charge is -2.07. The average molecular weight is 302 g/mol. The Labute approximate surface area is 120 Å². The topological polar surface area (TPSA) is 50.9 Å². The molecule has 1 aromatic carbocycles. The number of nitrogens with one attached hydrogen (secondary N) is 1. The monoisotopic (exact) mass is 301 g/mol. The van der Waals surface area contributed by atoms with E-state index in [9.17, 15) is 0 Å². The quantitative estimate of drug-likeness (QED) is 0.848. The number of aromatic nitrogens is 1. The van der Waals surface area contributed by atoms with Crippen LogP contribution in [0.1, 0.15) is 16.3 Å². The van der Waals surface area contributed by atoms with Gasteiger partial charge in [-0.1, -0.05) is 23.2 Å². The summed E-state index contributed by atoms with van der Waals surface area (Å²) >= 11 is 13.6. The molecule has 0 fully saturated rings. The Morgan fingerprint density at radius 1 is 1.28 bits per heavy atom. The molecule has 0 saturated heterocycles. The van der Waals surface area contributed by atoms with Crippen molar-refractivity contribution in [3.63, 3.8) is 0 Å². The molecule has 2 rings (SSSR count). The van der Waals surface area contributed by atoms with E-state index in [1.165, 1.54) is 0 Å². The molecule has 6 heteroatoms. The summed E-state index contributed by atoms with van der Waals surface area (Å²) in [5.74, 6) is 0. The van der Waals surface area contributed by atoms with Crippen molar-refractivity contribution in [2.45, 2.75) is 20.0 Å². The molecule has 0 bridgehead atoms. The van der Waals surface area contributed by atoms with Crippen LogP contribution in [0.4, 0.5) is 5.69 Å². The smallest absolute Gasteiger partial charge is 0.0897 e. The number of nitrogens with zero attached hydrogens (tertiary/aromatic N) is 1. The molecule has 1 aromatic heterocycles. The lowest BCUT2D eigenvalue weighted by molar-refractivity contribution is 0.682. The van der Waals surface area contributed by atoms with Gasteiger partial charge in [-0.05, 0) is 24.6 Å². The van der Waals surface area contributed by atoms with Crippen molar-refractivity contribution in [3.05, 3.63) is 43.8 Å². The standard InChI is InChI=1S/C12H13Cl2N3S/c1-7-17-9(6-18-7)5-16-4-8-2-10(13)12(15)11(14)3-8/h2-3,6,16H,4-5,15H2,1H3. The van der Waals surface area contributed by atoms with Crippen LogP contribution >= 0.6 is 34.5 Å². The van der Waals surface area contributed by atoms with E-state index in [4.69, 9.17) is 28.9 Å². The molecule has 0 saturated carbocycles. The predicted molar refractivity (Wildman–Crippen MR) is 78.3 cm³/mol. The molecular weight excluding hydrogens is 289 g/mol. The molecule has 3 N–H and O–H groups in total. The number of aryl methyl sites for hydroxylation is 1. The number of nitrogens with two attached hydrogens (primary N) is 1. The maximum atomic E-state index is 5.97. The zero-order chi connectivity index (χ0) is 13.1. The third-order valence-corrected chi connectivity index (χ3v) is 3.89. The number of halogens is 2. The van der Waals surface area contributed by atoms with E-state index in [0.717, 1.165) is 22.8 Å². The molecule has 0 aliphatic rings. The van der Waals surface area contributed by atoms with Gasteiger partial charge in [0.15, 0.2) is 0 Å². The first-order valence-electron chi connectivity index (χ1n) is 5.41. The molecule has 2 aromatic rings. The van der Waals surface area contributed by atoms with Crippen LogP contribution in [0, 0.1) is 6.92 Å². The highest BCUT2D eigenvalue weighted by molar-refractivity contribution is 7.09. The molecule has 0 unspecified atom stereocenters. The van der Waals surface area contributed by atoms with E-state index >= 15 is 0 Å². The first-order chi connectivity index (χ1) is 8.56. The fourth-order valence-corrected chi connectivity index (χ4v) is 2.71. The van der Waals surface area contributed by atoms with Crippen molar-refractivity contribution in [1.29, 1.82) is 0 Å². The summed E-state index contributed by atoms with van der Waals surface area (Å²) < 4.78 is 0. The van der Waals surface area contributed by atoms with Crippen molar-refractivity contribution >= 4 is 40.2 Å². The van der Waals surface area contributed by atoms with E-state index in [-0.39, 0.29) is 0 Å². The van der Waals surface area contributed by atoms with Crippen molar-refractivity contribution in [2.75, 3.05) is 5.73 Å². The van der Waals surface area contributed by atoms with Gasteiger partial charge in [-0.25, -0.2) is 4.98 Å². The number of nitrogen functional groups attached to an aromatic ring is 1. The molecule has 18 heavy (non-hydrogen) atoms. The fourth-order valence-electron chi connectivity index (χ4n) is 1.56. The van der Waals surface area contributed by atoms with Gasteiger partial charge in [-0.2, -0.15) is 0 Å². The molecule has 0 atom stereocenters. The molecule has 0 spiro atoms. The Hall–Kier alpha value is -0.810. The summed E-state index contributed by atoms with van der Waals surface area (Å²) in [6.07, 6.45) is 0. The molecule has 96 valence electrons. The number of hydrogen-bond donors (Lipinski definition) is 2. The summed E-state index contributed by atoms with van der Waals surface area (Å²) in [4.78, 5) is 4.37. The first-order valence-corrected chi connectivity index (χ1v) is 7.05. The average Bonchev–Trinajstić information content (AvgIpc) is 2.72. The minimum absolute atomic E-state index is 0.428. The van der Waals surface area contributed by atoms with Gasteiger partial charge in [0.25, 0.3) is 0 Å². The predicted octanol–water partition coefficient (Wildman–Crippen LogP) is 3.63. The zero-order valence-electron chi connectivity index (χ0n) is 9.84. The largest absolute Gasteiger partial charge is 0.396 e. The molecule has 0 aliphatic carbocycles. The third-order valence-electron chi connectivity index (χ3n) is 2.44. The number of thiazole rings is 1. The number of hydrogen-bond acceptors (Lipinski definition) is 4. The van der Waals surface area contributed by atoms with Crippen molar-refractivity contribution in [1.82, 2.24) is 10.3 Å². The van der Waals surface area contributed by atoms with Gasteiger partial charge in [0.05, 0.1) is 26.4 Å². The lowest BCUT2D eigenvalue weighted by Crippen LogP contribution is -2.13. The fraction of sp³-hybridized carbons (Fsp3) is 0.250. The van der Waals surface area contributed by atoms with E-state index < -0.39 is 0 Å². The second-order valence-electron chi connectivity index (χ2n) is 3.93. The van der Waals surface area contributed by atoms with E-state index in [1.54, 1.807) is 11.3 Å². The van der Waals surface area contributed by atoms with Gasteiger partial charge in [-0.15, -0.1) is 11.3 Å². The Bertz CT molecular complexity index is 531. The van der Waals surface area contributed by atoms with Crippen LogP contribution in [-0.2, 0) is 13.1 Å². The normalized spacial score (nSPS) is 10.8. The Kier molecular flexibility index (Phi) is 4.45. The zero-order valence-corrected chi connectivity index (χ0v) is 12.2. The van der Waals surface area contributed by atoms with Gasteiger partial charge in [-0.3, -0.25) is 0 Å². The van der Waals surface area contributed by atoms with Gasteiger partial charge < -0.3 is 11.1 Å².